The molecular weight excluding hydrogens is 240 g/mol. The lowest BCUT2D eigenvalue weighted by Crippen LogP contribution is -2.38. The molecule has 0 spiro atoms. The number of hydrogen-bond donors (Lipinski definition) is 1. The number of likely N-dealkylation sites (tertiary alicyclic amines) is 1. The van der Waals surface area contributed by atoms with Crippen molar-refractivity contribution in [1.82, 2.24) is 4.90 Å². The van der Waals surface area contributed by atoms with E-state index in [-0.39, 0.29) is 17.9 Å². The Bertz CT molecular complexity index is 444. The zero-order valence-corrected chi connectivity index (χ0v) is 10.2. The van der Waals surface area contributed by atoms with E-state index in [9.17, 15) is 9.59 Å². The molecule has 1 heterocycles. The smallest absolute Gasteiger partial charge is 0.247 e. The van der Waals surface area contributed by atoms with Gasteiger partial charge >= 0.3 is 0 Å². The van der Waals surface area contributed by atoms with Crippen molar-refractivity contribution < 1.29 is 9.59 Å². The van der Waals surface area contributed by atoms with Gasteiger partial charge in [-0.05, 0) is 30.7 Å². The van der Waals surface area contributed by atoms with Crippen LogP contribution in [0.15, 0.2) is 24.3 Å². The molecule has 0 saturated carbocycles. The van der Waals surface area contributed by atoms with E-state index in [0.717, 1.165) is 0 Å². The highest BCUT2D eigenvalue weighted by atomic mass is 35.5. The van der Waals surface area contributed by atoms with E-state index in [1.54, 1.807) is 31.3 Å². The standard InChI is InChI=1S/C12H13ClN2O2/c1-15-10(6-7-11(15)16)12(17)14-9-4-2-8(13)3-5-9/h2-5,10H,6-7H2,1H3,(H,14,17). The Hall–Kier alpha value is -1.55. The zero-order valence-electron chi connectivity index (χ0n) is 9.44. The highest BCUT2D eigenvalue weighted by molar-refractivity contribution is 6.30. The number of rotatable bonds is 2. The van der Waals surface area contributed by atoms with Gasteiger partial charge in [-0.15, -0.1) is 0 Å². The van der Waals surface area contributed by atoms with Gasteiger partial charge in [-0.1, -0.05) is 11.6 Å². The maximum atomic E-state index is 11.9. The van der Waals surface area contributed by atoms with Crippen LogP contribution in [0.2, 0.25) is 5.02 Å². The summed E-state index contributed by atoms with van der Waals surface area (Å²) in [5.74, 6) is -0.137. The largest absolute Gasteiger partial charge is 0.334 e. The van der Waals surface area contributed by atoms with E-state index in [2.05, 4.69) is 5.32 Å². The minimum Gasteiger partial charge on any atom is -0.334 e. The SMILES string of the molecule is CN1C(=O)CCC1C(=O)Nc1ccc(Cl)cc1. The molecule has 5 heteroatoms. The third-order valence-corrected chi connectivity index (χ3v) is 3.16. The number of likely N-dealkylation sites (N-methyl/N-ethyl adjacent to an activating group) is 1. The van der Waals surface area contributed by atoms with Gasteiger partial charge in [-0.2, -0.15) is 0 Å². The van der Waals surface area contributed by atoms with Crippen LogP contribution in [0.25, 0.3) is 0 Å². The van der Waals surface area contributed by atoms with Crippen LogP contribution in [0, 0.1) is 0 Å². The number of halogens is 1. The van der Waals surface area contributed by atoms with Gasteiger partial charge in [0.25, 0.3) is 0 Å². The molecule has 1 atom stereocenters. The molecule has 1 aromatic carbocycles. The fourth-order valence-electron chi connectivity index (χ4n) is 1.87. The van der Waals surface area contributed by atoms with E-state index in [1.807, 2.05) is 0 Å². The van der Waals surface area contributed by atoms with Crippen LogP contribution in [0.4, 0.5) is 5.69 Å². The van der Waals surface area contributed by atoms with Crippen molar-refractivity contribution >= 4 is 29.1 Å². The highest BCUT2D eigenvalue weighted by Crippen LogP contribution is 2.19. The second-order valence-corrected chi connectivity index (χ2v) is 4.49. The molecule has 17 heavy (non-hydrogen) atoms. The van der Waals surface area contributed by atoms with Gasteiger partial charge in [-0.25, -0.2) is 0 Å². The van der Waals surface area contributed by atoms with Crippen LogP contribution in [0.3, 0.4) is 0 Å². The fourth-order valence-corrected chi connectivity index (χ4v) is 2.00. The molecular formula is C12H13ClN2O2. The Kier molecular flexibility index (Phi) is 3.33. The van der Waals surface area contributed by atoms with Gasteiger partial charge in [0, 0.05) is 24.2 Å². The predicted molar refractivity (Wildman–Crippen MR) is 65.9 cm³/mol. The van der Waals surface area contributed by atoms with E-state index in [1.165, 1.54) is 4.90 Å². The monoisotopic (exact) mass is 252 g/mol. The molecule has 0 aliphatic carbocycles. The molecule has 0 bridgehead atoms. The number of amides is 2. The second kappa shape index (κ2) is 4.75. The topological polar surface area (TPSA) is 49.4 Å². The van der Waals surface area contributed by atoms with Crippen molar-refractivity contribution in [3.8, 4) is 0 Å². The van der Waals surface area contributed by atoms with E-state index in [0.29, 0.717) is 23.6 Å². The maximum absolute atomic E-state index is 11.9. The van der Waals surface area contributed by atoms with Crippen molar-refractivity contribution in [1.29, 1.82) is 0 Å². The van der Waals surface area contributed by atoms with Gasteiger partial charge in [0.2, 0.25) is 11.8 Å². The summed E-state index contributed by atoms with van der Waals surface area (Å²) in [6, 6.07) is 6.52. The van der Waals surface area contributed by atoms with Crippen molar-refractivity contribution in [3.05, 3.63) is 29.3 Å². The lowest BCUT2D eigenvalue weighted by atomic mass is 10.2. The molecule has 90 valence electrons. The van der Waals surface area contributed by atoms with E-state index in [4.69, 9.17) is 11.6 Å². The van der Waals surface area contributed by atoms with Crippen LogP contribution >= 0.6 is 11.6 Å². The number of benzene rings is 1. The van der Waals surface area contributed by atoms with Gasteiger partial charge in [0.05, 0.1) is 0 Å². The number of nitrogens with zero attached hydrogens (tertiary/aromatic N) is 1. The third-order valence-electron chi connectivity index (χ3n) is 2.91. The molecule has 1 aromatic rings. The molecule has 1 fully saturated rings. The molecule has 2 rings (SSSR count). The van der Waals surface area contributed by atoms with Crippen molar-refractivity contribution in [2.24, 2.45) is 0 Å². The first-order valence-electron chi connectivity index (χ1n) is 5.40. The molecule has 1 unspecified atom stereocenters. The van der Waals surface area contributed by atoms with E-state index < -0.39 is 0 Å². The Morgan fingerprint density at radius 3 is 2.59 bits per heavy atom. The van der Waals surface area contributed by atoms with Crippen molar-refractivity contribution in [2.45, 2.75) is 18.9 Å². The normalized spacial score (nSPS) is 19.5. The van der Waals surface area contributed by atoms with Crippen LogP contribution in [0.5, 0.6) is 0 Å². The summed E-state index contributed by atoms with van der Waals surface area (Å²) in [5, 5.41) is 3.39. The lowest BCUT2D eigenvalue weighted by Gasteiger charge is -2.19. The van der Waals surface area contributed by atoms with Crippen molar-refractivity contribution in [3.63, 3.8) is 0 Å². The molecule has 0 radical (unpaired) electrons. The number of hydrogen-bond acceptors (Lipinski definition) is 2. The van der Waals surface area contributed by atoms with Gasteiger partial charge in [-0.3, -0.25) is 9.59 Å². The Balaban J connectivity index is 2.02. The molecule has 1 saturated heterocycles. The molecule has 4 nitrogen and oxygen atoms in total. The summed E-state index contributed by atoms with van der Waals surface area (Å²) in [6.07, 6.45) is 1.02. The first-order valence-corrected chi connectivity index (χ1v) is 5.78. The Labute approximate surface area is 105 Å². The Morgan fingerprint density at radius 1 is 1.41 bits per heavy atom. The van der Waals surface area contributed by atoms with Crippen LogP contribution in [-0.2, 0) is 9.59 Å². The average molecular weight is 253 g/mol. The molecule has 1 aliphatic heterocycles. The number of anilines is 1. The molecule has 1 N–H and O–H groups in total. The second-order valence-electron chi connectivity index (χ2n) is 4.06. The number of carbonyl (C=O) groups excluding carboxylic acids is 2. The van der Waals surface area contributed by atoms with Crippen LogP contribution in [-0.4, -0.2) is 29.8 Å². The van der Waals surface area contributed by atoms with Gasteiger partial charge in [0.1, 0.15) is 6.04 Å². The molecule has 2 amide bonds. The minimum atomic E-state index is -0.363. The summed E-state index contributed by atoms with van der Waals surface area (Å²) in [4.78, 5) is 24.7. The number of carbonyl (C=O) groups is 2. The highest BCUT2D eigenvalue weighted by Gasteiger charge is 2.33. The first kappa shape index (κ1) is 11.9. The molecule has 0 aromatic heterocycles. The first-order chi connectivity index (χ1) is 8.08. The van der Waals surface area contributed by atoms with Gasteiger partial charge in [0.15, 0.2) is 0 Å². The summed E-state index contributed by atoms with van der Waals surface area (Å²) in [7, 11) is 1.65. The van der Waals surface area contributed by atoms with Crippen LogP contribution in [0.1, 0.15) is 12.8 Å². The summed E-state index contributed by atoms with van der Waals surface area (Å²) >= 11 is 5.75. The molecule has 1 aliphatic rings. The van der Waals surface area contributed by atoms with E-state index >= 15 is 0 Å². The summed E-state index contributed by atoms with van der Waals surface area (Å²) < 4.78 is 0. The number of nitrogens with one attached hydrogen (secondary N) is 1. The zero-order chi connectivity index (χ0) is 12.4. The van der Waals surface area contributed by atoms with Crippen molar-refractivity contribution in [2.75, 3.05) is 12.4 Å². The fraction of sp³-hybridized carbons (Fsp3) is 0.333. The van der Waals surface area contributed by atoms with Crippen LogP contribution < -0.4 is 5.32 Å². The summed E-state index contributed by atoms with van der Waals surface area (Å²) in [5.41, 5.74) is 0.687. The third kappa shape index (κ3) is 2.58. The average Bonchev–Trinajstić information content (AvgIpc) is 2.63. The maximum Gasteiger partial charge on any atom is 0.247 e. The Morgan fingerprint density at radius 2 is 2.06 bits per heavy atom. The predicted octanol–water partition coefficient (Wildman–Crippen LogP) is 1.90. The minimum absolute atomic E-state index is 0.0151. The van der Waals surface area contributed by atoms with Gasteiger partial charge < -0.3 is 10.2 Å². The lowest BCUT2D eigenvalue weighted by molar-refractivity contribution is -0.131. The quantitative estimate of drug-likeness (QED) is 0.874. The summed E-state index contributed by atoms with van der Waals surface area (Å²) in [6.45, 7) is 0.